The summed E-state index contributed by atoms with van der Waals surface area (Å²) >= 11 is 1.87. The monoisotopic (exact) mass is 643 g/mol. The highest BCUT2D eigenvalue weighted by atomic mass is 32.1. The summed E-state index contributed by atoms with van der Waals surface area (Å²) in [6.45, 7) is 0. The summed E-state index contributed by atoms with van der Waals surface area (Å²) < 4.78 is 9.11. The van der Waals surface area contributed by atoms with Crippen LogP contribution < -0.4 is 4.90 Å². The van der Waals surface area contributed by atoms with Gasteiger partial charge in [0.05, 0.1) is 5.69 Å². The van der Waals surface area contributed by atoms with Crippen molar-refractivity contribution in [3.05, 3.63) is 176 Å². The summed E-state index contributed by atoms with van der Waals surface area (Å²) in [7, 11) is 0. The third-order valence-corrected chi connectivity index (χ3v) is 10.9. The van der Waals surface area contributed by atoms with Crippen LogP contribution in [0.1, 0.15) is 0 Å². The van der Waals surface area contributed by atoms with E-state index in [0.717, 1.165) is 55.5 Å². The highest BCUT2D eigenvalue weighted by Gasteiger charge is 2.19. The summed E-state index contributed by atoms with van der Waals surface area (Å²) in [5.74, 6) is 0. The van der Waals surface area contributed by atoms with Crippen molar-refractivity contribution < 1.29 is 4.42 Å². The fourth-order valence-electron chi connectivity index (χ4n) is 7.35. The zero-order chi connectivity index (χ0) is 32.3. The molecule has 0 N–H and O–H groups in total. The van der Waals surface area contributed by atoms with Crippen molar-refractivity contribution in [3.63, 3.8) is 0 Å². The lowest BCUT2D eigenvalue weighted by atomic mass is 9.98. The van der Waals surface area contributed by atoms with E-state index in [9.17, 15) is 0 Å². The van der Waals surface area contributed by atoms with Gasteiger partial charge in [-0.25, -0.2) is 0 Å². The number of benzene rings is 8. The van der Waals surface area contributed by atoms with Gasteiger partial charge in [0.15, 0.2) is 0 Å². The second-order valence-electron chi connectivity index (χ2n) is 12.5. The lowest BCUT2D eigenvalue weighted by Gasteiger charge is -2.28. The van der Waals surface area contributed by atoms with Gasteiger partial charge in [-0.3, -0.25) is 0 Å². The molecule has 0 aliphatic rings. The molecule has 2 heterocycles. The van der Waals surface area contributed by atoms with Crippen molar-refractivity contribution in [1.82, 2.24) is 0 Å². The SMILES string of the molecule is c1ccc(N(c2ccc(-c3cccc4c3sc3ccccc34)cc2)c2ccccc2-c2ccc3oc4c5ccccc5ccc4c3c2)cc1. The third kappa shape index (κ3) is 4.55. The fourth-order valence-corrected chi connectivity index (χ4v) is 8.59. The number of fused-ring (bicyclic) bond motifs is 8. The molecule has 0 saturated carbocycles. The van der Waals surface area contributed by atoms with E-state index in [-0.39, 0.29) is 0 Å². The Morgan fingerprint density at radius 1 is 0.429 bits per heavy atom. The van der Waals surface area contributed by atoms with Crippen LogP contribution in [0.25, 0.3) is 75.1 Å². The zero-order valence-electron chi connectivity index (χ0n) is 26.5. The summed E-state index contributed by atoms with van der Waals surface area (Å²) in [6, 6.07) is 63.1. The second-order valence-corrected chi connectivity index (χ2v) is 13.5. The number of hydrogen-bond acceptors (Lipinski definition) is 3. The van der Waals surface area contributed by atoms with Crippen molar-refractivity contribution in [2.24, 2.45) is 0 Å². The van der Waals surface area contributed by atoms with E-state index < -0.39 is 0 Å². The van der Waals surface area contributed by atoms with Crippen LogP contribution in [0.15, 0.2) is 180 Å². The first-order chi connectivity index (χ1) is 24.3. The van der Waals surface area contributed by atoms with Gasteiger partial charge in [0.2, 0.25) is 0 Å². The van der Waals surface area contributed by atoms with E-state index in [2.05, 4.69) is 181 Å². The molecule has 10 rings (SSSR count). The molecule has 0 aliphatic heterocycles. The quantitative estimate of drug-likeness (QED) is 0.186. The lowest BCUT2D eigenvalue weighted by Crippen LogP contribution is -2.11. The molecule has 0 fully saturated rings. The molecule has 10 aromatic rings. The Hall–Kier alpha value is -6.16. The molecule has 0 unspecified atom stereocenters. The van der Waals surface area contributed by atoms with E-state index >= 15 is 0 Å². The van der Waals surface area contributed by atoms with Crippen molar-refractivity contribution in [2.75, 3.05) is 4.90 Å². The van der Waals surface area contributed by atoms with Crippen LogP contribution in [0.4, 0.5) is 17.1 Å². The van der Waals surface area contributed by atoms with Crippen LogP contribution >= 0.6 is 11.3 Å². The number of furan rings is 1. The molecule has 0 atom stereocenters. The Morgan fingerprint density at radius 3 is 2.02 bits per heavy atom. The first-order valence-corrected chi connectivity index (χ1v) is 17.4. The summed E-state index contributed by atoms with van der Waals surface area (Å²) in [4.78, 5) is 2.37. The topological polar surface area (TPSA) is 16.4 Å². The minimum absolute atomic E-state index is 0.900. The predicted octanol–water partition coefficient (Wildman–Crippen LogP) is 13.9. The maximum Gasteiger partial charge on any atom is 0.143 e. The molecule has 0 spiro atoms. The molecule has 0 aliphatic carbocycles. The van der Waals surface area contributed by atoms with E-state index in [1.807, 2.05) is 11.3 Å². The Balaban J connectivity index is 1.11. The van der Waals surface area contributed by atoms with Gasteiger partial charge < -0.3 is 9.32 Å². The highest BCUT2D eigenvalue weighted by Crippen LogP contribution is 2.44. The Morgan fingerprint density at radius 2 is 1.12 bits per heavy atom. The predicted molar refractivity (Wildman–Crippen MR) is 210 cm³/mol. The molecule has 0 saturated heterocycles. The first-order valence-electron chi connectivity index (χ1n) is 16.6. The maximum absolute atomic E-state index is 6.45. The number of anilines is 3. The van der Waals surface area contributed by atoms with Gasteiger partial charge >= 0.3 is 0 Å². The minimum atomic E-state index is 0.900. The molecule has 0 bridgehead atoms. The molecule has 2 nitrogen and oxygen atoms in total. The molecule has 3 heteroatoms. The molecule has 230 valence electrons. The van der Waals surface area contributed by atoms with Crippen LogP contribution in [0.3, 0.4) is 0 Å². The average Bonchev–Trinajstić information content (AvgIpc) is 3.74. The second kappa shape index (κ2) is 11.2. The van der Waals surface area contributed by atoms with Crippen molar-refractivity contribution in [2.45, 2.75) is 0 Å². The van der Waals surface area contributed by atoms with Crippen molar-refractivity contribution in [3.8, 4) is 22.3 Å². The minimum Gasteiger partial charge on any atom is -0.455 e. The number of nitrogens with zero attached hydrogens (tertiary/aromatic N) is 1. The largest absolute Gasteiger partial charge is 0.455 e. The third-order valence-electron chi connectivity index (χ3n) is 9.67. The number of thiophene rings is 1. The molecule has 49 heavy (non-hydrogen) atoms. The Bertz CT molecular complexity index is 2830. The van der Waals surface area contributed by atoms with Gasteiger partial charge in [-0.1, -0.05) is 121 Å². The lowest BCUT2D eigenvalue weighted by molar-refractivity contribution is 0.672. The van der Waals surface area contributed by atoms with Crippen LogP contribution in [-0.2, 0) is 0 Å². The van der Waals surface area contributed by atoms with Crippen molar-refractivity contribution in [1.29, 1.82) is 0 Å². The Kier molecular flexibility index (Phi) is 6.39. The van der Waals surface area contributed by atoms with Gasteiger partial charge in [-0.15, -0.1) is 11.3 Å². The smallest absolute Gasteiger partial charge is 0.143 e. The van der Waals surface area contributed by atoms with E-state index in [4.69, 9.17) is 4.42 Å². The highest BCUT2D eigenvalue weighted by molar-refractivity contribution is 7.26. The molecule has 8 aromatic carbocycles. The van der Waals surface area contributed by atoms with Crippen LogP contribution in [0.5, 0.6) is 0 Å². The standard InChI is InChI=1S/C46H29NOS/c1-2-12-33(13-3-1)47(34-25-21-31(22-26-34)37-17-10-18-40-38-16-7-9-20-44(38)49-46(37)40)42-19-8-6-14-35(42)32-24-28-43-41(29-32)39-27-23-30-11-4-5-15-36(30)45(39)48-43/h1-29H. The molecule has 0 amide bonds. The van der Waals surface area contributed by atoms with Gasteiger partial charge in [0, 0.05) is 53.3 Å². The number of para-hydroxylation sites is 2. The van der Waals surface area contributed by atoms with Crippen molar-refractivity contribution >= 4 is 81.3 Å². The van der Waals surface area contributed by atoms with Gasteiger partial charge in [-0.2, -0.15) is 0 Å². The summed E-state index contributed by atoms with van der Waals surface area (Å²) in [5.41, 5.74) is 9.95. The van der Waals surface area contributed by atoms with Gasteiger partial charge in [0.25, 0.3) is 0 Å². The van der Waals surface area contributed by atoms with Gasteiger partial charge in [0.1, 0.15) is 11.2 Å². The Labute approximate surface area is 287 Å². The molecule has 0 radical (unpaired) electrons. The number of rotatable bonds is 5. The van der Waals surface area contributed by atoms with Crippen LogP contribution in [0.2, 0.25) is 0 Å². The van der Waals surface area contributed by atoms with E-state index in [1.165, 1.54) is 36.7 Å². The summed E-state index contributed by atoms with van der Waals surface area (Å²) in [6.07, 6.45) is 0. The normalized spacial score (nSPS) is 11.7. The molecular formula is C46H29NOS. The summed E-state index contributed by atoms with van der Waals surface area (Å²) in [5, 5.41) is 7.22. The first kappa shape index (κ1) is 27.9. The van der Waals surface area contributed by atoms with E-state index in [0.29, 0.717) is 0 Å². The molecular weight excluding hydrogens is 615 g/mol. The van der Waals surface area contributed by atoms with Gasteiger partial charge in [-0.05, 0) is 76.7 Å². The van der Waals surface area contributed by atoms with E-state index in [1.54, 1.807) is 0 Å². The van der Waals surface area contributed by atoms with Crippen LogP contribution in [0, 0.1) is 0 Å². The van der Waals surface area contributed by atoms with Crippen LogP contribution in [-0.4, -0.2) is 0 Å². The average molecular weight is 644 g/mol. The maximum atomic E-state index is 6.45. The number of hydrogen-bond donors (Lipinski definition) is 0. The zero-order valence-corrected chi connectivity index (χ0v) is 27.3. The molecule has 2 aromatic heterocycles. The fraction of sp³-hybridized carbons (Fsp3) is 0.